The summed E-state index contributed by atoms with van der Waals surface area (Å²) in [5, 5.41) is 10.9. The van der Waals surface area contributed by atoms with E-state index in [1.807, 2.05) is 0 Å². The average molecular weight is 338 g/mol. The molecule has 0 aliphatic rings. The van der Waals surface area contributed by atoms with E-state index in [0.29, 0.717) is 17.5 Å². The number of benzene rings is 2. The second-order valence-electron chi connectivity index (χ2n) is 4.98. The van der Waals surface area contributed by atoms with Gasteiger partial charge in [-0.1, -0.05) is 18.2 Å². The van der Waals surface area contributed by atoms with Gasteiger partial charge in [-0.25, -0.2) is 17.5 Å². The fourth-order valence-electron chi connectivity index (χ4n) is 2.06. The van der Waals surface area contributed by atoms with Crippen LogP contribution in [0.3, 0.4) is 0 Å². The van der Waals surface area contributed by atoms with Gasteiger partial charge in [-0.3, -0.25) is 10.1 Å². The van der Waals surface area contributed by atoms with Gasteiger partial charge in [-0.05, 0) is 37.1 Å². The number of hydrogen-bond donors (Lipinski definition) is 1. The monoisotopic (exact) mass is 338 g/mol. The molecule has 0 aliphatic heterocycles. The second kappa shape index (κ2) is 6.84. The maximum atomic E-state index is 13.0. The molecule has 0 aliphatic carbocycles. The molecule has 0 bridgehead atoms. The lowest BCUT2D eigenvalue weighted by Crippen LogP contribution is -2.26. The minimum absolute atomic E-state index is 0.0630. The molecule has 0 saturated carbocycles. The Hall–Kier alpha value is -2.32. The summed E-state index contributed by atoms with van der Waals surface area (Å²) in [7, 11) is -3.86. The first-order chi connectivity index (χ1) is 10.8. The van der Waals surface area contributed by atoms with Crippen molar-refractivity contribution in [2.45, 2.75) is 18.2 Å². The van der Waals surface area contributed by atoms with E-state index in [2.05, 4.69) is 4.72 Å². The van der Waals surface area contributed by atoms with Gasteiger partial charge in [0.25, 0.3) is 5.69 Å². The maximum Gasteiger partial charge on any atom is 0.273 e. The van der Waals surface area contributed by atoms with Gasteiger partial charge in [0, 0.05) is 18.2 Å². The SMILES string of the molecule is Cc1ccc(S(=O)(=O)NCCc2cccc(F)c2)cc1[N+](=O)[O-]. The highest BCUT2D eigenvalue weighted by Crippen LogP contribution is 2.22. The molecule has 2 rings (SSSR count). The summed E-state index contributed by atoms with van der Waals surface area (Å²) < 4.78 is 39.7. The minimum Gasteiger partial charge on any atom is -0.258 e. The van der Waals surface area contributed by atoms with Gasteiger partial charge in [-0.15, -0.1) is 0 Å². The molecule has 122 valence electrons. The summed E-state index contributed by atoms with van der Waals surface area (Å²) in [6, 6.07) is 9.59. The van der Waals surface area contributed by atoms with E-state index >= 15 is 0 Å². The van der Waals surface area contributed by atoms with Crippen molar-refractivity contribution in [2.24, 2.45) is 0 Å². The summed E-state index contributed by atoms with van der Waals surface area (Å²) in [4.78, 5) is 10.1. The predicted molar refractivity (Wildman–Crippen MR) is 83.1 cm³/mol. The van der Waals surface area contributed by atoms with E-state index in [1.165, 1.54) is 31.2 Å². The molecule has 0 saturated heterocycles. The third kappa shape index (κ3) is 4.33. The van der Waals surface area contributed by atoms with Gasteiger partial charge in [0.2, 0.25) is 10.0 Å². The van der Waals surface area contributed by atoms with Crippen LogP contribution < -0.4 is 4.72 Å². The molecule has 6 nitrogen and oxygen atoms in total. The molecule has 0 heterocycles. The van der Waals surface area contributed by atoms with Crippen LogP contribution in [0.15, 0.2) is 47.4 Å². The highest BCUT2D eigenvalue weighted by Gasteiger charge is 2.19. The van der Waals surface area contributed by atoms with Gasteiger partial charge < -0.3 is 0 Å². The highest BCUT2D eigenvalue weighted by molar-refractivity contribution is 7.89. The smallest absolute Gasteiger partial charge is 0.258 e. The summed E-state index contributed by atoms with van der Waals surface area (Å²) in [6.45, 7) is 1.60. The van der Waals surface area contributed by atoms with Crippen molar-refractivity contribution in [3.05, 3.63) is 69.5 Å². The zero-order valence-electron chi connectivity index (χ0n) is 12.3. The minimum atomic E-state index is -3.86. The topological polar surface area (TPSA) is 89.3 Å². The number of nitro benzene ring substituents is 1. The second-order valence-corrected chi connectivity index (χ2v) is 6.75. The molecule has 0 fully saturated rings. The van der Waals surface area contributed by atoms with Crippen molar-refractivity contribution in [2.75, 3.05) is 6.54 Å². The summed E-state index contributed by atoms with van der Waals surface area (Å²) in [5.74, 6) is -0.389. The predicted octanol–water partition coefficient (Wildman–Crippen LogP) is 2.56. The lowest BCUT2D eigenvalue weighted by molar-refractivity contribution is -0.385. The third-order valence-electron chi connectivity index (χ3n) is 3.28. The fraction of sp³-hybridized carbons (Fsp3) is 0.200. The van der Waals surface area contributed by atoms with Crippen molar-refractivity contribution in [3.63, 3.8) is 0 Å². The molecule has 2 aromatic rings. The van der Waals surface area contributed by atoms with Gasteiger partial charge in [-0.2, -0.15) is 0 Å². The summed E-state index contributed by atoms with van der Waals surface area (Å²) >= 11 is 0. The molecule has 0 spiro atoms. The molecule has 0 radical (unpaired) electrons. The van der Waals surface area contributed by atoms with Gasteiger partial charge in [0.05, 0.1) is 9.82 Å². The van der Waals surface area contributed by atoms with E-state index in [9.17, 15) is 22.9 Å². The quantitative estimate of drug-likeness (QED) is 0.647. The Morgan fingerprint density at radius 3 is 2.61 bits per heavy atom. The molecule has 0 aromatic heterocycles. The Balaban J connectivity index is 2.10. The van der Waals surface area contributed by atoms with Crippen molar-refractivity contribution in [1.82, 2.24) is 4.72 Å². The Kier molecular flexibility index (Phi) is 5.07. The zero-order valence-corrected chi connectivity index (χ0v) is 13.1. The van der Waals surface area contributed by atoms with Crippen LogP contribution in [0, 0.1) is 22.9 Å². The van der Waals surface area contributed by atoms with Crippen LogP contribution in [0.2, 0.25) is 0 Å². The van der Waals surface area contributed by atoms with E-state index < -0.39 is 14.9 Å². The molecule has 2 aromatic carbocycles. The maximum absolute atomic E-state index is 13.0. The van der Waals surface area contributed by atoms with Crippen LogP contribution in [0.25, 0.3) is 0 Å². The lowest BCUT2D eigenvalue weighted by Gasteiger charge is -2.08. The van der Waals surface area contributed by atoms with Crippen molar-refractivity contribution in [3.8, 4) is 0 Å². The first kappa shape index (κ1) is 17.0. The molecule has 0 amide bonds. The average Bonchev–Trinajstić information content (AvgIpc) is 2.47. The van der Waals surface area contributed by atoms with Gasteiger partial charge in [0.1, 0.15) is 5.82 Å². The van der Waals surface area contributed by atoms with Crippen molar-refractivity contribution >= 4 is 15.7 Å². The standard InChI is InChI=1S/C15H15FN2O4S/c1-11-5-6-14(10-15(11)18(19)20)23(21,22)17-8-7-12-3-2-4-13(16)9-12/h2-6,9-10,17H,7-8H2,1H3. The zero-order chi connectivity index (χ0) is 17.0. The van der Waals surface area contributed by atoms with Crippen molar-refractivity contribution in [1.29, 1.82) is 0 Å². The number of nitrogens with zero attached hydrogens (tertiary/aromatic N) is 1. The largest absolute Gasteiger partial charge is 0.273 e. The fourth-order valence-corrected chi connectivity index (χ4v) is 3.11. The molecule has 23 heavy (non-hydrogen) atoms. The number of sulfonamides is 1. The number of nitrogens with one attached hydrogen (secondary N) is 1. The number of aryl methyl sites for hydroxylation is 1. The van der Waals surface area contributed by atoms with Crippen LogP contribution in [0.4, 0.5) is 10.1 Å². The first-order valence-corrected chi connectivity index (χ1v) is 8.27. The number of rotatable bonds is 6. The Bertz CT molecular complexity index is 837. The molecule has 0 unspecified atom stereocenters. The Labute approximate surface area is 133 Å². The molecule has 0 atom stereocenters. The van der Waals surface area contributed by atoms with Crippen LogP contribution in [-0.2, 0) is 16.4 Å². The third-order valence-corrected chi connectivity index (χ3v) is 4.74. The first-order valence-electron chi connectivity index (χ1n) is 6.79. The molecule has 1 N–H and O–H groups in total. The number of nitro groups is 1. The van der Waals surface area contributed by atoms with Crippen molar-refractivity contribution < 1.29 is 17.7 Å². The highest BCUT2D eigenvalue weighted by atomic mass is 32.2. The van der Waals surface area contributed by atoms with Crippen LogP contribution in [0.5, 0.6) is 0 Å². The summed E-state index contributed by atoms with van der Waals surface area (Å²) in [6.07, 6.45) is 0.310. The van der Waals surface area contributed by atoms with Gasteiger partial charge >= 0.3 is 0 Å². The van der Waals surface area contributed by atoms with Crippen LogP contribution in [-0.4, -0.2) is 19.9 Å². The van der Waals surface area contributed by atoms with Gasteiger partial charge in [0.15, 0.2) is 0 Å². The molecular weight excluding hydrogens is 323 g/mol. The van der Waals surface area contributed by atoms with Crippen LogP contribution >= 0.6 is 0 Å². The van der Waals surface area contributed by atoms with E-state index in [4.69, 9.17) is 0 Å². The lowest BCUT2D eigenvalue weighted by atomic mass is 10.1. The van der Waals surface area contributed by atoms with E-state index in [0.717, 1.165) is 6.07 Å². The molecule has 8 heteroatoms. The normalized spacial score (nSPS) is 11.4. The Morgan fingerprint density at radius 1 is 1.22 bits per heavy atom. The van der Waals surface area contributed by atoms with E-state index in [1.54, 1.807) is 12.1 Å². The summed E-state index contributed by atoms with van der Waals surface area (Å²) in [5.41, 5.74) is 0.786. The van der Waals surface area contributed by atoms with E-state index in [-0.39, 0.29) is 22.9 Å². The number of halogens is 1. The molecular formula is C15H15FN2O4S. The Morgan fingerprint density at radius 2 is 1.96 bits per heavy atom. The number of hydrogen-bond acceptors (Lipinski definition) is 4. The van der Waals surface area contributed by atoms with Crippen LogP contribution in [0.1, 0.15) is 11.1 Å².